The molecule has 0 fully saturated rings. The lowest BCUT2D eigenvalue weighted by Gasteiger charge is -2.23. The fourth-order valence-electron chi connectivity index (χ4n) is 3.32. The van der Waals surface area contributed by atoms with E-state index in [-0.39, 0.29) is 17.6 Å². The maximum Gasteiger partial charge on any atom is 0.226 e. The summed E-state index contributed by atoms with van der Waals surface area (Å²) in [4.78, 5) is 12.2. The van der Waals surface area contributed by atoms with Crippen LogP contribution in [0.25, 0.3) is 0 Å². The number of nitrogens with one attached hydrogen (secondary N) is 1. The van der Waals surface area contributed by atoms with E-state index in [2.05, 4.69) is 10.4 Å². The van der Waals surface area contributed by atoms with E-state index in [0.717, 1.165) is 16.7 Å². The van der Waals surface area contributed by atoms with Crippen molar-refractivity contribution in [3.63, 3.8) is 0 Å². The summed E-state index contributed by atoms with van der Waals surface area (Å²) in [5.74, 6) is 0.282. The van der Waals surface area contributed by atoms with E-state index in [1.807, 2.05) is 36.4 Å². The van der Waals surface area contributed by atoms with Gasteiger partial charge in [-0.05, 0) is 23.3 Å². The lowest BCUT2D eigenvalue weighted by Crippen LogP contribution is -2.26. The SMILES string of the molecule is O=C1C[C@@H](COCc2ccccc2)c2cnn(Cc3cccc(F)c3)c2N1. The number of carbonyl (C=O) groups excluding carboxylic acids is 1. The van der Waals surface area contributed by atoms with Gasteiger partial charge in [-0.15, -0.1) is 0 Å². The summed E-state index contributed by atoms with van der Waals surface area (Å²) < 4.78 is 21.0. The van der Waals surface area contributed by atoms with Crippen molar-refractivity contribution >= 4 is 11.7 Å². The predicted molar refractivity (Wildman–Crippen MR) is 99.8 cm³/mol. The van der Waals surface area contributed by atoms with Gasteiger partial charge in [-0.1, -0.05) is 42.5 Å². The average molecular weight is 365 g/mol. The van der Waals surface area contributed by atoms with E-state index in [1.54, 1.807) is 16.9 Å². The molecule has 2 aromatic carbocycles. The van der Waals surface area contributed by atoms with Gasteiger partial charge >= 0.3 is 0 Å². The number of carbonyl (C=O) groups is 1. The predicted octanol–water partition coefficient (Wildman–Crippen LogP) is 3.71. The summed E-state index contributed by atoms with van der Waals surface area (Å²) in [6.07, 6.45) is 2.14. The highest BCUT2D eigenvalue weighted by Crippen LogP contribution is 2.32. The second-order valence-electron chi connectivity index (χ2n) is 6.69. The number of fused-ring (bicyclic) bond motifs is 1. The van der Waals surface area contributed by atoms with Crippen LogP contribution in [0, 0.1) is 5.82 Å². The Hall–Kier alpha value is -2.99. The molecule has 0 spiro atoms. The lowest BCUT2D eigenvalue weighted by atomic mass is 9.95. The van der Waals surface area contributed by atoms with Crippen molar-refractivity contribution in [3.05, 3.63) is 83.3 Å². The number of hydrogen-bond donors (Lipinski definition) is 1. The van der Waals surface area contributed by atoms with Crippen molar-refractivity contribution in [2.75, 3.05) is 11.9 Å². The first-order chi connectivity index (χ1) is 13.2. The molecule has 27 heavy (non-hydrogen) atoms. The Labute approximate surface area is 156 Å². The second kappa shape index (κ2) is 7.72. The molecular weight excluding hydrogens is 345 g/mol. The van der Waals surface area contributed by atoms with Crippen LogP contribution in [0.5, 0.6) is 0 Å². The summed E-state index contributed by atoms with van der Waals surface area (Å²) >= 11 is 0. The van der Waals surface area contributed by atoms with E-state index in [4.69, 9.17) is 4.74 Å². The largest absolute Gasteiger partial charge is 0.376 e. The highest BCUT2D eigenvalue weighted by atomic mass is 19.1. The number of nitrogens with zero attached hydrogens (tertiary/aromatic N) is 2. The van der Waals surface area contributed by atoms with Gasteiger partial charge in [0.2, 0.25) is 5.91 Å². The molecule has 138 valence electrons. The molecule has 6 heteroatoms. The zero-order valence-corrected chi connectivity index (χ0v) is 14.8. The minimum absolute atomic E-state index is 0.0429. The Morgan fingerprint density at radius 3 is 2.78 bits per heavy atom. The summed E-state index contributed by atoms with van der Waals surface area (Å²) in [5, 5.41) is 7.29. The van der Waals surface area contributed by atoms with Crippen molar-refractivity contribution in [3.8, 4) is 0 Å². The van der Waals surface area contributed by atoms with Crippen molar-refractivity contribution < 1.29 is 13.9 Å². The first-order valence-electron chi connectivity index (χ1n) is 8.91. The third-order valence-electron chi connectivity index (χ3n) is 4.65. The van der Waals surface area contributed by atoms with E-state index in [0.29, 0.717) is 32.0 Å². The fraction of sp³-hybridized carbons (Fsp3) is 0.238. The number of rotatable bonds is 6. The summed E-state index contributed by atoms with van der Waals surface area (Å²) in [5.41, 5.74) is 2.84. The van der Waals surface area contributed by atoms with Crippen molar-refractivity contribution in [2.45, 2.75) is 25.5 Å². The highest BCUT2D eigenvalue weighted by Gasteiger charge is 2.29. The molecule has 4 rings (SSSR count). The maximum absolute atomic E-state index is 13.4. The Bertz CT molecular complexity index is 940. The van der Waals surface area contributed by atoms with Crippen LogP contribution >= 0.6 is 0 Å². The van der Waals surface area contributed by atoms with Crippen LogP contribution < -0.4 is 5.32 Å². The first-order valence-corrected chi connectivity index (χ1v) is 8.91. The van der Waals surface area contributed by atoms with Gasteiger partial charge in [0.05, 0.1) is 26.0 Å². The molecule has 0 unspecified atom stereocenters. The van der Waals surface area contributed by atoms with E-state index >= 15 is 0 Å². The van der Waals surface area contributed by atoms with Crippen molar-refractivity contribution in [1.82, 2.24) is 9.78 Å². The van der Waals surface area contributed by atoms with Gasteiger partial charge in [-0.2, -0.15) is 5.10 Å². The van der Waals surface area contributed by atoms with E-state index < -0.39 is 0 Å². The van der Waals surface area contributed by atoms with E-state index in [9.17, 15) is 9.18 Å². The molecule has 0 saturated carbocycles. The molecule has 5 nitrogen and oxygen atoms in total. The summed E-state index contributed by atoms with van der Waals surface area (Å²) in [7, 11) is 0. The zero-order valence-electron chi connectivity index (χ0n) is 14.8. The minimum Gasteiger partial charge on any atom is -0.376 e. The first kappa shape index (κ1) is 17.4. The molecule has 0 bridgehead atoms. The van der Waals surface area contributed by atoms with Crippen LogP contribution in [0.4, 0.5) is 10.2 Å². The molecule has 0 radical (unpaired) electrons. The molecule has 1 aliphatic heterocycles. The molecule has 1 aromatic heterocycles. The summed E-state index contributed by atoms with van der Waals surface area (Å²) in [6.45, 7) is 1.34. The van der Waals surface area contributed by atoms with Crippen LogP contribution in [0.15, 0.2) is 60.8 Å². The quantitative estimate of drug-likeness (QED) is 0.724. The molecule has 1 aliphatic rings. The van der Waals surface area contributed by atoms with Gasteiger partial charge < -0.3 is 10.1 Å². The Morgan fingerprint density at radius 2 is 1.96 bits per heavy atom. The van der Waals surface area contributed by atoms with Crippen LogP contribution in [-0.4, -0.2) is 22.3 Å². The van der Waals surface area contributed by atoms with Crippen LogP contribution in [0.1, 0.15) is 29.0 Å². The van der Waals surface area contributed by atoms with Gasteiger partial charge in [-0.3, -0.25) is 4.79 Å². The Morgan fingerprint density at radius 1 is 1.15 bits per heavy atom. The third kappa shape index (κ3) is 4.06. The number of aromatic nitrogens is 2. The molecule has 1 N–H and O–H groups in total. The average Bonchev–Trinajstić information content (AvgIpc) is 3.05. The number of amides is 1. The topological polar surface area (TPSA) is 56.1 Å². The molecule has 2 heterocycles. The normalized spacial score (nSPS) is 16.0. The number of halogens is 1. The van der Waals surface area contributed by atoms with Crippen molar-refractivity contribution in [2.24, 2.45) is 0 Å². The fourth-order valence-corrected chi connectivity index (χ4v) is 3.32. The molecular formula is C21H20FN3O2. The van der Waals surface area contributed by atoms with Crippen LogP contribution in [-0.2, 0) is 22.7 Å². The molecule has 3 aromatic rings. The van der Waals surface area contributed by atoms with Crippen LogP contribution in [0.3, 0.4) is 0 Å². The van der Waals surface area contributed by atoms with Gasteiger partial charge in [-0.25, -0.2) is 9.07 Å². The monoisotopic (exact) mass is 365 g/mol. The van der Waals surface area contributed by atoms with Crippen LogP contribution in [0.2, 0.25) is 0 Å². The Balaban J connectivity index is 1.47. The Kier molecular flexibility index (Phi) is 4.98. The molecule has 1 atom stereocenters. The number of ether oxygens (including phenoxy) is 1. The summed E-state index contributed by atoms with van der Waals surface area (Å²) in [6, 6.07) is 16.3. The third-order valence-corrected chi connectivity index (χ3v) is 4.65. The smallest absolute Gasteiger partial charge is 0.226 e. The lowest BCUT2D eigenvalue weighted by molar-refractivity contribution is -0.117. The zero-order chi connectivity index (χ0) is 18.6. The van der Waals surface area contributed by atoms with Crippen molar-refractivity contribution in [1.29, 1.82) is 0 Å². The minimum atomic E-state index is -0.287. The molecule has 1 amide bonds. The number of benzene rings is 2. The van der Waals surface area contributed by atoms with Gasteiger partial charge in [0, 0.05) is 17.9 Å². The van der Waals surface area contributed by atoms with E-state index in [1.165, 1.54) is 12.1 Å². The number of anilines is 1. The molecule has 0 saturated heterocycles. The maximum atomic E-state index is 13.4. The van der Waals surface area contributed by atoms with Gasteiger partial charge in [0.25, 0.3) is 0 Å². The highest BCUT2D eigenvalue weighted by molar-refractivity contribution is 5.93. The standard InChI is InChI=1S/C21H20FN3O2/c22-18-8-4-7-16(9-18)12-25-21-19(11-23-25)17(10-20(26)24-21)14-27-13-15-5-2-1-3-6-15/h1-9,11,17H,10,12-14H2,(H,24,26)/t17-/m0/s1. The number of hydrogen-bond acceptors (Lipinski definition) is 3. The van der Waals surface area contributed by atoms with Gasteiger partial charge in [0.15, 0.2) is 0 Å². The molecule has 0 aliphatic carbocycles. The second-order valence-corrected chi connectivity index (χ2v) is 6.69. The van der Waals surface area contributed by atoms with Gasteiger partial charge in [0.1, 0.15) is 11.6 Å².